The van der Waals surface area contributed by atoms with E-state index in [9.17, 15) is 8.78 Å². The van der Waals surface area contributed by atoms with E-state index in [0.717, 1.165) is 22.2 Å². The second-order valence-electron chi connectivity index (χ2n) is 4.09. The minimum Gasteiger partial charge on any atom is -0.314 e. The molecule has 0 bridgehead atoms. The molecule has 0 radical (unpaired) electrons. The highest BCUT2D eigenvalue weighted by atomic mass is 127. The third-order valence-corrected chi connectivity index (χ3v) is 3.99. The molecule has 2 nitrogen and oxygen atoms in total. The molecule has 1 atom stereocenters. The van der Waals surface area contributed by atoms with Gasteiger partial charge < -0.3 is 5.32 Å². The molecule has 1 fully saturated rings. The van der Waals surface area contributed by atoms with Crippen molar-refractivity contribution in [2.75, 3.05) is 26.2 Å². The molecule has 0 unspecified atom stereocenters. The van der Waals surface area contributed by atoms with Crippen LogP contribution in [0.25, 0.3) is 0 Å². The van der Waals surface area contributed by atoms with Crippen molar-refractivity contribution >= 4 is 22.6 Å². The topological polar surface area (TPSA) is 15.3 Å². The number of halogens is 3. The fraction of sp³-hybridized carbons (Fsp3) is 0.500. The molecule has 17 heavy (non-hydrogen) atoms. The van der Waals surface area contributed by atoms with Crippen LogP contribution in [-0.2, 0) is 0 Å². The van der Waals surface area contributed by atoms with Gasteiger partial charge in [0, 0.05) is 29.7 Å². The number of hydrogen-bond donors (Lipinski definition) is 1. The predicted molar refractivity (Wildman–Crippen MR) is 72.3 cm³/mol. The van der Waals surface area contributed by atoms with E-state index in [0.29, 0.717) is 13.1 Å². The molecular weight excluding hydrogens is 337 g/mol. The van der Waals surface area contributed by atoms with Gasteiger partial charge in [0.15, 0.2) is 0 Å². The van der Waals surface area contributed by atoms with Crippen LogP contribution in [0, 0.1) is 3.57 Å². The summed E-state index contributed by atoms with van der Waals surface area (Å²) < 4.78 is 27.5. The Balaban J connectivity index is 2.25. The smallest absolute Gasteiger partial charge is 0.258 e. The highest BCUT2D eigenvalue weighted by molar-refractivity contribution is 14.1. The second kappa shape index (κ2) is 6.06. The van der Waals surface area contributed by atoms with E-state index in [1.807, 2.05) is 23.1 Å². The lowest BCUT2D eigenvalue weighted by Crippen LogP contribution is -2.47. The number of nitrogens with one attached hydrogen (secondary N) is 1. The van der Waals surface area contributed by atoms with Gasteiger partial charge in [0.2, 0.25) is 0 Å². The highest BCUT2D eigenvalue weighted by Crippen LogP contribution is 2.30. The number of nitrogens with zero attached hydrogens (tertiary/aromatic N) is 1. The zero-order valence-corrected chi connectivity index (χ0v) is 11.5. The average molecular weight is 352 g/mol. The second-order valence-corrected chi connectivity index (χ2v) is 5.25. The van der Waals surface area contributed by atoms with Crippen LogP contribution in [0.1, 0.15) is 11.6 Å². The summed E-state index contributed by atoms with van der Waals surface area (Å²) in [6, 6.07) is 6.62. The van der Waals surface area contributed by atoms with Crippen molar-refractivity contribution in [3.05, 3.63) is 33.4 Å². The first-order valence-corrected chi connectivity index (χ1v) is 6.75. The number of alkyl halides is 2. The van der Waals surface area contributed by atoms with E-state index in [2.05, 4.69) is 27.9 Å². The molecule has 1 saturated heterocycles. The zero-order chi connectivity index (χ0) is 12.3. The lowest BCUT2D eigenvalue weighted by molar-refractivity contribution is 0.0178. The molecule has 5 heteroatoms. The molecule has 0 aromatic heterocycles. The average Bonchev–Trinajstić information content (AvgIpc) is 2.33. The summed E-state index contributed by atoms with van der Waals surface area (Å²) in [5.74, 6) is 0. The van der Waals surface area contributed by atoms with Gasteiger partial charge >= 0.3 is 0 Å². The van der Waals surface area contributed by atoms with Gasteiger partial charge in [-0.25, -0.2) is 8.78 Å². The molecule has 1 aromatic carbocycles. The van der Waals surface area contributed by atoms with Gasteiger partial charge in [-0.05, 0) is 34.2 Å². The van der Waals surface area contributed by atoms with Crippen LogP contribution in [0.3, 0.4) is 0 Å². The SMILES string of the molecule is FC(F)[C@H](c1ccccc1I)N1CCNCC1. The van der Waals surface area contributed by atoms with Crippen LogP contribution in [0.5, 0.6) is 0 Å². The Labute approximate surface area is 114 Å². The molecule has 94 valence electrons. The largest absolute Gasteiger partial charge is 0.314 e. The first-order chi connectivity index (χ1) is 8.20. The Bertz CT molecular complexity index is 367. The minimum absolute atomic E-state index is 0.681. The van der Waals surface area contributed by atoms with E-state index < -0.39 is 12.5 Å². The summed E-state index contributed by atoms with van der Waals surface area (Å²) in [6.07, 6.45) is -2.34. The molecule has 1 N–H and O–H groups in total. The van der Waals surface area contributed by atoms with Gasteiger partial charge in [-0.3, -0.25) is 4.90 Å². The Morgan fingerprint density at radius 2 is 1.82 bits per heavy atom. The lowest BCUT2D eigenvalue weighted by Gasteiger charge is -2.35. The van der Waals surface area contributed by atoms with Crippen molar-refractivity contribution in [2.24, 2.45) is 0 Å². The maximum atomic E-state index is 13.3. The third-order valence-electron chi connectivity index (χ3n) is 3.01. The first kappa shape index (κ1) is 13.2. The van der Waals surface area contributed by atoms with Crippen molar-refractivity contribution in [1.82, 2.24) is 10.2 Å². The number of hydrogen-bond acceptors (Lipinski definition) is 2. The molecule has 0 aliphatic carbocycles. The van der Waals surface area contributed by atoms with Crippen LogP contribution in [0.15, 0.2) is 24.3 Å². The fourth-order valence-electron chi connectivity index (χ4n) is 2.17. The van der Waals surface area contributed by atoms with Gasteiger partial charge in [0.1, 0.15) is 0 Å². The van der Waals surface area contributed by atoms with Gasteiger partial charge in [0.05, 0.1) is 6.04 Å². The predicted octanol–water partition coefficient (Wildman–Crippen LogP) is 2.50. The van der Waals surface area contributed by atoms with Crippen LogP contribution in [-0.4, -0.2) is 37.5 Å². The summed E-state index contributed by atoms with van der Waals surface area (Å²) in [5.41, 5.74) is 0.741. The number of piperazine rings is 1. The quantitative estimate of drug-likeness (QED) is 0.841. The third kappa shape index (κ3) is 3.14. The fourth-order valence-corrected chi connectivity index (χ4v) is 2.87. The van der Waals surface area contributed by atoms with E-state index in [1.54, 1.807) is 6.07 Å². The number of benzene rings is 1. The van der Waals surface area contributed by atoms with Crippen molar-refractivity contribution in [3.8, 4) is 0 Å². The Morgan fingerprint density at radius 3 is 2.41 bits per heavy atom. The monoisotopic (exact) mass is 352 g/mol. The van der Waals surface area contributed by atoms with Crippen LogP contribution >= 0.6 is 22.6 Å². The molecular formula is C12H15F2IN2. The van der Waals surface area contributed by atoms with E-state index >= 15 is 0 Å². The van der Waals surface area contributed by atoms with Crippen LogP contribution < -0.4 is 5.32 Å². The molecule has 1 aliphatic heterocycles. The normalized spacial score (nSPS) is 19.5. The molecule has 0 amide bonds. The van der Waals surface area contributed by atoms with Crippen LogP contribution in [0.2, 0.25) is 0 Å². The maximum Gasteiger partial charge on any atom is 0.258 e. The maximum absolute atomic E-state index is 13.3. The standard InChI is InChI=1S/C12H15F2IN2/c13-12(14)11(17-7-5-16-6-8-17)9-3-1-2-4-10(9)15/h1-4,11-12,16H,5-8H2/t11-/m0/s1. The summed E-state index contributed by atoms with van der Waals surface area (Å²) in [4.78, 5) is 1.87. The van der Waals surface area contributed by atoms with Gasteiger partial charge in [0.25, 0.3) is 6.43 Å². The van der Waals surface area contributed by atoms with E-state index in [1.165, 1.54) is 0 Å². The highest BCUT2D eigenvalue weighted by Gasteiger charge is 2.31. The minimum atomic E-state index is -2.34. The molecule has 2 rings (SSSR count). The summed E-state index contributed by atoms with van der Waals surface area (Å²) >= 11 is 2.13. The molecule has 1 heterocycles. The van der Waals surface area contributed by atoms with Crippen molar-refractivity contribution in [1.29, 1.82) is 0 Å². The first-order valence-electron chi connectivity index (χ1n) is 5.67. The zero-order valence-electron chi connectivity index (χ0n) is 9.37. The van der Waals surface area contributed by atoms with Gasteiger partial charge in [-0.15, -0.1) is 0 Å². The molecule has 0 spiro atoms. The van der Waals surface area contributed by atoms with E-state index in [-0.39, 0.29) is 0 Å². The summed E-state index contributed by atoms with van der Waals surface area (Å²) in [5, 5.41) is 3.19. The molecule has 0 saturated carbocycles. The lowest BCUT2D eigenvalue weighted by atomic mass is 10.1. The molecule has 1 aromatic rings. The van der Waals surface area contributed by atoms with Crippen molar-refractivity contribution < 1.29 is 8.78 Å². The summed E-state index contributed by atoms with van der Waals surface area (Å²) in [6.45, 7) is 2.93. The number of rotatable bonds is 3. The van der Waals surface area contributed by atoms with Crippen LogP contribution in [0.4, 0.5) is 8.78 Å². The Hall–Kier alpha value is -0.270. The van der Waals surface area contributed by atoms with Crippen molar-refractivity contribution in [2.45, 2.75) is 12.5 Å². The summed E-state index contributed by atoms with van der Waals surface area (Å²) in [7, 11) is 0. The Morgan fingerprint density at radius 1 is 1.18 bits per heavy atom. The van der Waals surface area contributed by atoms with E-state index in [4.69, 9.17) is 0 Å². The van der Waals surface area contributed by atoms with Gasteiger partial charge in [-0.2, -0.15) is 0 Å². The van der Waals surface area contributed by atoms with Gasteiger partial charge in [-0.1, -0.05) is 18.2 Å². The Kier molecular flexibility index (Phi) is 4.69. The molecule has 1 aliphatic rings. The van der Waals surface area contributed by atoms with Crippen molar-refractivity contribution in [3.63, 3.8) is 0 Å².